The van der Waals surface area contributed by atoms with Crippen molar-refractivity contribution in [3.8, 4) is 5.75 Å². The molecule has 0 spiro atoms. The van der Waals surface area contributed by atoms with Gasteiger partial charge in [0.15, 0.2) is 18.1 Å². The van der Waals surface area contributed by atoms with Gasteiger partial charge in [-0.3, -0.25) is 0 Å². The number of hydrogen-bond donors (Lipinski definition) is 1. The highest BCUT2D eigenvalue weighted by molar-refractivity contribution is 5.68. The molecule has 1 N–H and O–H groups in total. The van der Waals surface area contributed by atoms with E-state index in [1.165, 1.54) is 0 Å². The molecule has 0 amide bonds. The lowest BCUT2D eigenvalue weighted by Crippen LogP contribution is -2.35. The number of rotatable bonds is 4. The first-order valence-corrected chi connectivity index (χ1v) is 4.63. The van der Waals surface area contributed by atoms with Crippen LogP contribution in [0.3, 0.4) is 0 Å². The largest absolute Gasteiger partial charge is 0.618 e. The summed E-state index contributed by atoms with van der Waals surface area (Å²) >= 11 is 0. The zero-order valence-electron chi connectivity index (χ0n) is 8.69. The smallest absolute Gasteiger partial charge is 0.341 e. The summed E-state index contributed by atoms with van der Waals surface area (Å²) in [5.41, 5.74) is 1.02. The number of aliphatic carboxylic acids is 1. The van der Waals surface area contributed by atoms with Crippen molar-refractivity contribution < 1.29 is 19.4 Å². The minimum atomic E-state index is -1.06. The van der Waals surface area contributed by atoms with Crippen molar-refractivity contribution in [1.29, 1.82) is 0 Å². The van der Waals surface area contributed by atoms with Crippen LogP contribution < -0.4 is 9.47 Å². The van der Waals surface area contributed by atoms with Crippen LogP contribution in [0.2, 0.25) is 0 Å². The summed E-state index contributed by atoms with van der Waals surface area (Å²) in [6.07, 6.45) is 0.500. The third-order valence-electron chi connectivity index (χ3n) is 2.01. The number of nitrogens with zero attached hydrogens (tertiary/aromatic N) is 1. The van der Waals surface area contributed by atoms with Gasteiger partial charge in [0.1, 0.15) is 0 Å². The molecule has 0 atom stereocenters. The molecule has 1 rings (SSSR count). The van der Waals surface area contributed by atoms with Gasteiger partial charge in [0.25, 0.3) is 0 Å². The van der Waals surface area contributed by atoms with E-state index in [4.69, 9.17) is 9.84 Å². The Bertz CT molecular complexity index is 376. The average molecular weight is 211 g/mol. The van der Waals surface area contributed by atoms with Gasteiger partial charge in [-0.2, -0.15) is 4.73 Å². The Hall–Kier alpha value is -1.78. The highest BCUT2D eigenvalue weighted by Crippen LogP contribution is 2.15. The molecule has 1 aromatic rings. The van der Waals surface area contributed by atoms with E-state index < -0.39 is 12.6 Å². The van der Waals surface area contributed by atoms with Crippen LogP contribution in [0.15, 0.2) is 12.1 Å². The zero-order valence-corrected chi connectivity index (χ0v) is 8.69. The van der Waals surface area contributed by atoms with Gasteiger partial charge in [-0.25, -0.2) is 4.79 Å². The van der Waals surface area contributed by atoms with Gasteiger partial charge >= 0.3 is 5.97 Å². The van der Waals surface area contributed by atoms with E-state index in [2.05, 4.69) is 0 Å². The third kappa shape index (κ3) is 2.59. The fourth-order valence-electron chi connectivity index (χ4n) is 1.26. The first-order chi connectivity index (χ1) is 7.06. The first kappa shape index (κ1) is 11.3. The van der Waals surface area contributed by atoms with Crippen LogP contribution in [0.25, 0.3) is 0 Å². The van der Waals surface area contributed by atoms with Crippen LogP contribution in [-0.4, -0.2) is 17.7 Å². The Kier molecular flexibility index (Phi) is 3.49. The Morgan fingerprint density at radius 1 is 1.60 bits per heavy atom. The molecule has 5 heteroatoms. The van der Waals surface area contributed by atoms with Crippen molar-refractivity contribution >= 4 is 5.97 Å². The molecule has 0 aromatic carbocycles. The normalized spacial score (nSPS) is 10.0. The number of aromatic nitrogens is 1. The van der Waals surface area contributed by atoms with Crippen molar-refractivity contribution in [3.05, 3.63) is 28.7 Å². The quantitative estimate of drug-likeness (QED) is 0.586. The molecule has 82 valence electrons. The Balaban J connectivity index is 2.97. The van der Waals surface area contributed by atoms with Crippen molar-refractivity contribution in [3.63, 3.8) is 0 Å². The maximum atomic E-state index is 11.6. The molecule has 1 heterocycles. The predicted molar refractivity (Wildman–Crippen MR) is 52.6 cm³/mol. The lowest BCUT2D eigenvalue weighted by Gasteiger charge is -2.10. The molecular weight excluding hydrogens is 198 g/mol. The summed E-state index contributed by atoms with van der Waals surface area (Å²) in [5.74, 6) is -0.726. The van der Waals surface area contributed by atoms with E-state index in [1.807, 2.05) is 6.92 Å². The average Bonchev–Trinajstić information content (AvgIpc) is 2.19. The predicted octanol–water partition coefficient (Wildman–Crippen LogP) is 0.654. The first-order valence-electron chi connectivity index (χ1n) is 4.63. The third-order valence-corrected chi connectivity index (χ3v) is 2.01. The molecule has 0 aliphatic carbocycles. The number of ether oxygens (including phenoxy) is 1. The molecule has 0 aliphatic heterocycles. The Labute approximate surface area is 87.5 Å². The molecule has 15 heavy (non-hydrogen) atoms. The second-order valence-corrected chi connectivity index (χ2v) is 3.12. The van der Waals surface area contributed by atoms with Crippen molar-refractivity contribution in [2.24, 2.45) is 0 Å². The van der Waals surface area contributed by atoms with E-state index in [0.717, 1.165) is 4.73 Å². The lowest BCUT2D eigenvalue weighted by molar-refractivity contribution is -0.621. The number of carboxylic acid groups (broad SMARTS) is 1. The van der Waals surface area contributed by atoms with Crippen molar-refractivity contribution in [2.75, 3.05) is 6.61 Å². The number of pyridine rings is 1. The van der Waals surface area contributed by atoms with Gasteiger partial charge in [0.05, 0.1) is 0 Å². The fourth-order valence-corrected chi connectivity index (χ4v) is 1.26. The molecule has 0 aliphatic rings. The number of carboxylic acids is 1. The van der Waals surface area contributed by atoms with Gasteiger partial charge in [-0.15, -0.1) is 0 Å². The van der Waals surface area contributed by atoms with E-state index in [0.29, 0.717) is 23.6 Å². The minimum Gasteiger partial charge on any atom is -0.618 e. The summed E-state index contributed by atoms with van der Waals surface area (Å²) in [6.45, 7) is 3.07. The van der Waals surface area contributed by atoms with E-state index in [9.17, 15) is 10.0 Å². The second-order valence-electron chi connectivity index (χ2n) is 3.12. The van der Waals surface area contributed by atoms with Crippen LogP contribution in [0.4, 0.5) is 0 Å². The molecule has 0 saturated carbocycles. The van der Waals surface area contributed by atoms with Gasteiger partial charge in [0, 0.05) is 19.4 Å². The van der Waals surface area contributed by atoms with E-state index in [-0.39, 0.29) is 0 Å². The maximum absolute atomic E-state index is 11.6. The highest BCUT2D eigenvalue weighted by Gasteiger charge is 2.14. The van der Waals surface area contributed by atoms with Crippen LogP contribution in [0.1, 0.15) is 18.3 Å². The van der Waals surface area contributed by atoms with Crippen molar-refractivity contribution in [1.82, 2.24) is 0 Å². The van der Waals surface area contributed by atoms with E-state index >= 15 is 0 Å². The monoisotopic (exact) mass is 211 g/mol. The molecule has 0 radical (unpaired) electrons. The maximum Gasteiger partial charge on any atom is 0.341 e. The van der Waals surface area contributed by atoms with Crippen molar-refractivity contribution in [2.45, 2.75) is 20.3 Å². The summed E-state index contributed by atoms with van der Waals surface area (Å²) in [5, 5.41) is 20.0. The van der Waals surface area contributed by atoms with Crippen LogP contribution in [0.5, 0.6) is 5.75 Å². The van der Waals surface area contributed by atoms with Gasteiger partial charge < -0.3 is 15.1 Å². The molecule has 1 aromatic heterocycles. The lowest BCUT2D eigenvalue weighted by atomic mass is 10.2. The van der Waals surface area contributed by atoms with Crippen LogP contribution in [-0.2, 0) is 11.2 Å². The second kappa shape index (κ2) is 4.63. The Morgan fingerprint density at radius 3 is 2.80 bits per heavy atom. The summed E-state index contributed by atoms with van der Waals surface area (Å²) < 4.78 is 5.77. The molecular formula is C10H13NO4. The molecule has 0 saturated heterocycles. The molecule has 0 bridgehead atoms. The standard InChI is InChI=1S/C10H13NO4/c1-3-8-9(15-6-10(12)13)5-4-7(2)11(8)14/h4-5H,3,6H2,1-2H3,(H,12,13). The fraction of sp³-hybridized carbons (Fsp3) is 0.400. The zero-order chi connectivity index (χ0) is 11.4. The summed E-state index contributed by atoms with van der Waals surface area (Å²) in [7, 11) is 0. The van der Waals surface area contributed by atoms with Gasteiger partial charge in [-0.1, -0.05) is 6.92 Å². The summed E-state index contributed by atoms with van der Waals surface area (Å²) in [6, 6.07) is 3.22. The topological polar surface area (TPSA) is 73.5 Å². The number of carbonyl (C=O) groups is 1. The van der Waals surface area contributed by atoms with Gasteiger partial charge in [0.2, 0.25) is 5.69 Å². The molecule has 0 fully saturated rings. The number of hydrogen-bond acceptors (Lipinski definition) is 3. The number of aryl methyl sites for hydroxylation is 1. The SMILES string of the molecule is CCc1c(OCC(=O)O)ccc(C)[n+]1[O-]. The van der Waals surface area contributed by atoms with E-state index in [1.54, 1.807) is 19.1 Å². The summed E-state index contributed by atoms with van der Waals surface area (Å²) in [4.78, 5) is 10.3. The highest BCUT2D eigenvalue weighted by atomic mass is 16.5. The van der Waals surface area contributed by atoms with Crippen LogP contribution >= 0.6 is 0 Å². The van der Waals surface area contributed by atoms with Gasteiger partial charge in [-0.05, 0) is 6.07 Å². The van der Waals surface area contributed by atoms with Crippen LogP contribution in [0, 0.1) is 12.1 Å². The Morgan fingerprint density at radius 2 is 2.27 bits per heavy atom. The minimum absolute atomic E-state index is 0.334. The molecule has 5 nitrogen and oxygen atoms in total. The molecule has 0 unspecified atom stereocenters.